The van der Waals surface area contributed by atoms with Gasteiger partial charge in [0.1, 0.15) is 11.6 Å². The number of aromatic nitrogens is 2. The lowest BCUT2D eigenvalue weighted by Gasteiger charge is -2.22. The van der Waals surface area contributed by atoms with Crippen molar-refractivity contribution in [1.29, 1.82) is 0 Å². The van der Waals surface area contributed by atoms with Crippen LogP contribution >= 0.6 is 0 Å². The molecule has 2 aromatic heterocycles. The van der Waals surface area contributed by atoms with E-state index in [1.165, 1.54) is 6.07 Å². The minimum Gasteiger partial charge on any atom is -0.438 e. The summed E-state index contributed by atoms with van der Waals surface area (Å²) >= 11 is 0. The summed E-state index contributed by atoms with van der Waals surface area (Å²) in [4.78, 5) is 23.1. The van der Waals surface area contributed by atoms with Crippen LogP contribution in [0.25, 0.3) is 22.2 Å². The summed E-state index contributed by atoms with van der Waals surface area (Å²) in [7, 11) is 0. The number of rotatable bonds is 3. The molecule has 1 saturated heterocycles. The van der Waals surface area contributed by atoms with Gasteiger partial charge in [-0.25, -0.2) is 18.6 Å². The summed E-state index contributed by atoms with van der Waals surface area (Å²) in [5.74, 6) is -1.52. The molecule has 0 aliphatic carbocycles. The Labute approximate surface area is 176 Å². The highest BCUT2D eigenvalue weighted by atomic mass is 19.2. The monoisotopic (exact) mass is 420 g/mol. The normalized spacial score (nSPS) is 16.1. The van der Waals surface area contributed by atoms with Gasteiger partial charge >= 0.3 is 6.03 Å². The largest absolute Gasteiger partial charge is 0.438 e. The number of oxazole rings is 1. The quantitative estimate of drug-likeness (QED) is 0.473. The number of hydrogen-bond donors (Lipinski definition) is 1. The van der Waals surface area contributed by atoms with Crippen LogP contribution in [0.15, 0.2) is 65.3 Å². The first-order valence-electron chi connectivity index (χ1n) is 9.92. The van der Waals surface area contributed by atoms with E-state index in [1.54, 1.807) is 17.3 Å². The van der Waals surface area contributed by atoms with Gasteiger partial charge in [-0.1, -0.05) is 12.1 Å². The van der Waals surface area contributed by atoms with E-state index < -0.39 is 17.7 Å². The van der Waals surface area contributed by atoms with Crippen molar-refractivity contribution in [3.05, 3.63) is 78.4 Å². The van der Waals surface area contributed by atoms with E-state index in [0.29, 0.717) is 30.0 Å². The van der Waals surface area contributed by atoms with E-state index in [1.807, 2.05) is 30.3 Å². The zero-order valence-electron chi connectivity index (χ0n) is 16.4. The van der Waals surface area contributed by atoms with Crippen LogP contribution in [0.2, 0.25) is 0 Å². The number of pyridine rings is 1. The second kappa shape index (κ2) is 7.79. The van der Waals surface area contributed by atoms with E-state index >= 15 is 0 Å². The second-order valence-electron chi connectivity index (χ2n) is 7.39. The molecule has 1 N–H and O–H groups in total. The number of fused-ring (bicyclic) bond motifs is 1. The Morgan fingerprint density at radius 2 is 2.00 bits per heavy atom. The Balaban J connectivity index is 1.39. The molecule has 0 saturated carbocycles. The molecule has 2 aromatic carbocycles. The van der Waals surface area contributed by atoms with E-state index in [2.05, 4.69) is 15.3 Å². The van der Waals surface area contributed by atoms with Gasteiger partial charge < -0.3 is 14.6 Å². The third-order valence-corrected chi connectivity index (χ3v) is 5.37. The number of anilines is 1. The number of nitrogens with one attached hydrogen (secondary N) is 1. The molecule has 5 rings (SSSR count). The predicted molar refractivity (Wildman–Crippen MR) is 111 cm³/mol. The molecule has 1 aliphatic heterocycles. The average Bonchev–Trinajstić information content (AvgIpc) is 3.43. The Morgan fingerprint density at radius 1 is 1.10 bits per heavy atom. The summed E-state index contributed by atoms with van der Waals surface area (Å²) in [5, 5.41) is 2.62. The second-order valence-corrected chi connectivity index (χ2v) is 7.39. The van der Waals surface area contributed by atoms with Gasteiger partial charge in [-0.3, -0.25) is 4.98 Å². The molecule has 31 heavy (non-hydrogen) atoms. The minimum absolute atomic E-state index is 0.188. The fourth-order valence-electron chi connectivity index (χ4n) is 3.84. The molecule has 1 atom stereocenters. The summed E-state index contributed by atoms with van der Waals surface area (Å²) in [6, 6.07) is 12.1. The molecule has 4 aromatic rings. The Bertz CT molecular complexity index is 1260. The van der Waals surface area contributed by atoms with Gasteiger partial charge in [-0.05, 0) is 48.7 Å². The first-order valence-corrected chi connectivity index (χ1v) is 9.92. The van der Waals surface area contributed by atoms with E-state index in [9.17, 15) is 13.6 Å². The lowest BCUT2D eigenvalue weighted by molar-refractivity contribution is 0.199. The molecule has 1 aliphatic rings. The molecule has 8 heteroatoms. The van der Waals surface area contributed by atoms with Gasteiger partial charge in [0.2, 0.25) is 5.89 Å². The summed E-state index contributed by atoms with van der Waals surface area (Å²) in [6.07, 6.45) is 4.99. The fourth-order valence-corrected chi connectivity index (χ4v) is 3.84. The van der Waals surface area contributed by atoms with Crippen LogP contribution in [0.5, 0.6) is 0 Å². The number of hydrogen-bond acceptors (Lipinski definition) is 4. The van der Waals surface area contributed by atoms with Crippen molar-refractivity contribution in [2.24, 2.45) is 0 Å². The van der Waals surface area contributed by atoms with Gasteiger partial charge in [-0.15, -0.1) is 0 Å². The lowest BCUT2D eigenvalue weighted by atomic mass is 10.1. The number of carbonyl (C=O) groups is 1. The predicted octanol–water partition coefficient (Wildman–Crippen LogP) is 5.54. The standard InChI is InChI=1S/C23H18F2N4O2/c24-17-7-6-16(12-18(17)25)27-23(30)29-10-2-4-20(29)22-28-19-11-14(5-8-21(19)31-22)15-3-1-9-26-13-15/h1,3,5-9,11-13,20H,2,4,10H2,(H,27,30). The zero-order valence-corrected chi connectivity index (χ0v) is 16.4. The molecule has 1 unspecified atom stereocenters. The van der Waals surface area contributed by atoms with E-state index in [0.717, 1.165) is 29.7 Å². The van der Waals surface area contributed by atoms with Crippen LogP contribution in [0, 0.1) is 11.6 Å². The summed E-state index contributed by atoms with van der Waals surface area (Å²) in [6.45, 7) is 0.514. The van der Waals surface area contributed by atoms with Crippen LogP contribution in [0.1, 0.15) is 24.8 Å². The number of halogens is 2. The number of benzene rings is 2. The average molecular weight is 420 g/mol. The van der Waals surface area contributed by atoms with Crippen molar-refractivity contribution >= 4 is 22.8 Å². The molecule has 0 spiro atoms. The van der Waals surface area contributed by atoms with Crippen LogP contribution in [0.4, 0.5) is 19.3 Å². The van der Waals surface area contributed by atoms with Crippen molar-refractivity contribution < 1.29 is 18.0 Å². The number of amides is 2. The molecule has 1 fully saturated rings. The molecule has 2 amide bonds. The molecular weight excluding hydrogens is 402 g/mol. The SMILES string of the molecule is O=C(Nc1ccc(F)c(F)c1)N1CCCC1c1nc2cc(-c3cccnc3)ccc2o1. The first kappa shape index (κ1) is 19.2. The van der Waals surface area contributed by atoms with Gasteiger partial charge in [-0.2, -0.15) is 0 Å². The number of nitrogens with zero attached hydrogens (tertiary/aromatic N) is 3. The molecular formula is C23H18F2N4O2. The topological polar surface area (TPSA) is 71.3 Å². The highest BCUT2D eigenvalue weighted by Gasteiger charge is 2.33. The number of likely N-dealkylation sites (tertiary alicyclic amines) is 1. The maximum absolute atomic E-state index is 13.5. The molecule has 156 valence electrons. The fraction of sp³-hybridized carbons (Fsp3) is 0.174. The van der Waals surface area contributed by atoms with E-state index in [4.69, 9.17) is 4.42 Å². The maximum Gasteiger partial charge on any atom is 0.322 e. The van der Waals surface area contributed by atoms with Crippen LogP contribution in [0.3, 0.4) is 0 Å². The third kappa shape index (κ3) is 3.72. The number of urea groups is 1. The van der Waals surface area contributed by atoms with Crippen molar-refractivity contribution in [3.63, 3.8) is 0 Å². The van der Waals surface area contributed by atoms with Gasteiger partial charge in [0.05, 0.1) is 0 Å². The highest BCUT2D eigenvalue weighted by Crippen LogP contribution is 2.34. The van der Waals surface area contributed by atoms with E-state index in [-0.39, 0.29) is 11.7 Å². The van der Waals surface area contributed by atoms with Gasteiger partial charge in [0, 0.05) is 36.3 Å². The molecule has 3 heterocycles. The molecule has 0 radical (unpaired) electrons. The van der Waals surface area contributed by atoms with Crippen LogP contribution in [-0.4, -0.2) is 27.4 Å². The molecule has 6 nitrogen and oxygen atoms in total. The van der Waals surface area contributed by atoms with Crippen molar-refractivity contribution in [3.8, 4) is 11.1 Å². The summed E-state index contributed by atoms with van der Waals surface area (Å²) < 4.78 is 32.5. The minimum atomic E-state index is -1.01. The molecule has 0 bridgehead atoms. The van der Waals surface area contributed by atoms with Crippen molar-refractivity contribution in [2.75, 3.05) is 11.9 Å². The maximum atomic E-state index is 13.5. The first-order chi connectivity index (χ1) is 15.1. The number of carbonyl (C=O) groups excluding carboxylic acids is 1. The van der Waals surface area contributed by atoms with Crippen LogP contribution < -0.4 is 5.32 Å². The van der Waals surface area contributed by atoms with Crippen molar-refractivity contribution in [1.82, 2.24) is 14.9 Å². The Hall–Kier alpha value is -3.81. The smallest absolute Gasteiger partial charge is 0.322 e. The van der Waals surface area contributed by atoms with Gasteiger partial charge in [0.15, 0.2) is 17.2 Å². The Morgan fingerprint density at radius 3 is 2.81 bits per heavy atom. The third-order valence-electron chi connectivity index (χ3n) is 5.37. The van der Waals surface area contributed by atoms with Crippen molar-refractivity contribution in [2.45, 2.75) is 18.9 Å². The zero-order chi connectivity index (χ0) is 21.4. The lowest BCUT2D eigenvalue weighted by Crippen LogP contribution is -2.34. The highest BCUT2D eigenvalue weighted by molar-refractivity contribution is 5.90. The summed E-state index contributed by atoms with van der Waals surface area (Å²) in [5.41, 5.74) is 3.47. The van der Waals surface area contributed by atoms with Crippen LogP contribution in [-0.2, 0) is 0 Å². The Kier molecular flexibility index (Phi) is 4.82. The van der Waals surface area contributed by atoms with Gasteiger partial charge in [0.25, 0.3) is 0 Å².